The molecular formula is C4H8AgNO2. The van der Waals surface area contributed by atoms with Crippen molar-refractivity contribution in [1.82, 2.24) is 5.32 Å². The van der Waals surface area contributed by atoms with Crippen LogP contribution in [-0.2, 0) is 27.2 Å². The number of hydrogen-bond acceptors (Lipinski definition) is 3. The molecule has 0 unspecified atom stereocenters. The maximum Gasteiger partial charge on any atom is 1.00 e. The molecule has 0 spiro atoms. The maximum absolute atomic E-state index is 9.58. The van der Waals surface area contributed by atoms with E-state index in [0.717, 1.165) is 0 Å². The average Bonchev–Trinajstić information content (AvgIpc) is 1.61. The third kappa shape index (κ3) is 9.48. The van der Waals surface area contributed by atoms with E-state index in [0.29, 0.717) is 6.54 Å². The Balaban J connectivity index is 0. The van der Waals surface area contributed by atoms with E-state index in [2.05, 4.69) is 5.32 Å². The van der Waals surface area contributed by atoms with Gasteiger partial charge in [-0.15, -0.1) is 0 Å². The largest absolute Gasteiger partial charge is 1.00 e. The van der Waals surface area contributed by atoms with Crippen LogP contribution in [0.25, 0.3) is 0 Å². The molecule has 0 radical (unpaired) electrons. The minimum Gasteiger partial charge on any atom is -0.549 e. The molecule has 52 valence electrons. The Morgan fingerprint density at radius 2 is 2.25 bits per heavy atom. The molecule has 0 saturated carbocycles. The SMILES string of the molecule is CCNCC(=O)[O-].[Ag+]. The molecule has 0 fully saturated rings. The second-order valence-electron chi connectivity index (χ2n) is 1.15. The molecule has 0 aliphatic heterocycles. The average molecular weight is 210 g/mol. The van der Waals surface area contributed by atoms with E-state index < -0.39 is 5.97 Å². The topological polar surface area (TPSA) is 52.2 Å². The van der Waals surface area contributed by atoms with Gasteiger partial charge in [-0.3, -0.25) is 0 Å². The number of likely N-dealkylation sites (N-methyl/N-ethyl adjacent to an activating group) is 1. The minimum absolute atomic E-state index is 0. The van der Waals surface area contributed by atoms with Crippen LogP contribution >= 0.6 is 0 Å². The van der Waals surface area contributed by atoms with Crippen molar-refractivity contribution in [2.24, 2.45) is 0 Å². The molecule has 0 bridgehead atoms. The Morgan fingerprint density at radius 3 is 2.38 bits per heavy atom. The number of rotatable bonds is 3. The summed E-state index contributed by atoms with van der Waals surface area (Å²) in [5.41, 5.74) is 0. The molecule has 1 N–H and O–H groups in total. The zero-order chi connectivity index (χ0) is 5.70. The molecule has 4 heteroatoms. The number of carbonyl (C=O) groups excluding carboxylic acids is 1. The summed E-state index contributed by atoms with van der Waals surface area (Å²) in [6.07, 6.45) is 0. The van der Waals surface area contributed by atoms with E-state index in [1.54, 1.807) is 0 Å². The summed E-state index contributed by atoms with van der Waals surface area (Å²) >= 11 is 0. The monoisotopic (exact) mass is 209 g/mol. The minimum atomic E-state index is -1.05. The predicted molar refractivity (Wildman–Crippen MR) is 23.6 cm³/mol. The van der Waals surface area contributed by atoms with E-state index in [-0.39, 0.29) is 28.9 Å². The van der Waals surface area contributed by atoms with Crippen LogP contribution in [0.15, 0.2) is 0 Å². The second kappa shape index (κ2) is 7.17. The van der Waals surface area contributed by atoms with Gasteiger partial charge in [0.2, 0.25) is 0 Å². The van der Waals surface area contributed by atoms with Gasteiger partial charge in [0.25, 0.3) is 0 Å². The molecular weight excluding hydrogens is 202 g/mol. The summed E-state index contributed by atoms with van der Waals surface area (Å²) in [5.74, 6) is -1.05. The zero-order valence-electron chi connectivity index (χ0n) is 4.53. The van der Waals surface area contributed by atoms with Crippen LogP contribution in [0.1, 0.15) is 6.92 Å². The Bertz CT molecular complexity index is 67.1. The maximum atomic E-state index is 9.58. The van der Waals surface area contributed by atoms with Gasteiger partial charge in [-0.1, -0.05) is 6.92 Å². The molecule has 0 aliphatic carbocycles. The Labute approximate surface area is 64.0 Å². The molecule has 3 nitrogen and oxygen atoms in total. The molecule has 0 aromatic rings. The van der Waals surface area contributed by atoms with E-state index in [1.165, 1.54) is 0 Å². The van der Waals surface area contributed by atoms with Crippen LogP contribution in [0.3, 0.4) is 0 Å². The molecule has 0 heterocycles. The summed E-state index contributed by atoms with van der Waals surface area (Å²) in [6.45, 7) is 2.47. The molecule has 0 rings (SSSR count). The van der Waals surface area contributed by atoms with Crippen LogP contribution in [-0.4, -0.2) is 19.1 Å². The third-order valence-electron chi connectivity index (χ3n) is 0.519. The van der Waals surface area contributed by atoms with Crippen LogP contribution < -0.4 is 10.4 Å². The molecule has 0 saturated heterocycles. The Kier molecular flexibility index (Phi) is 9.89. The van der Waals surface area contributed by atoms with Crippen molar-refractivity contribution in [2.75, 3.05) is 13.1 Å². The van der Waals surface area contributed by atoms with Gasteiger partial charge in [-0.2, -0.15) is 0 Å². The van der Waals surface area contributed by atoms with Gasteiger partial charge in [-0.25, -0.2) is 0 Å². The van der Waals surface area contributed by atoms with Crippen molar-refractivity contribution in [3.05, 3.63) is 0 Å². The van der Waals surface area contributed by atoms with Gasteiger partial charge in [-0.05, 0) is 6.54 Å². The first-order chi connectivity index (χ1) is 3.27. The Morgan fingerprint density at radius 1 is 1.75 bits per heavy atom. The fraction of sp³-hybridized carbons (Fsp3) is 0.750. The number of carboxylic acids is 1. The third-order valence-corrected chi connectivity index (χ3v) is 0.519. The van der Waals surface area contributed by atoms with Gasteiger partial charge in [0.1, 0.15) is 0 Å². The molecule has 0 aromatic heterocycles. The van der Waals surface area contributed by atoms with Gasteiger partial charge in [0.05, 0.1) is 5.97 Å². The summed E-state index contributed by atoms with van der Waals surface area (Å²) < 4.78 is 0. The van der Waals surface area contributed by atoms with Gasteiger partial charge in [0, 0.05) is 6.54 Å². The first-order valence-corrected chi connectivity index (χ1v) is 2.18. The van der Waals surface area contributed by atoms with Crippen molar-refractivity contribution in [2.45, 2.75) is 6.92 Å². The number of aliphatic carboxylic acids is 1. The van der Waals surface area contributed by atoms with Crippen LogP contribution in [0.5, 0.6) is 0 Å². The van der Waals surface area contributed by atoms with Crippen molar-refractivity contribution in [3.63, 3.8) is 0 Å². The van der Waals surface area contributed by atoms with E-state index in [1.807, 2.05) is 6.92 Å². The van der Waals surface area contributed by atoms with Crippen molar-refractivity contribution in [1.29, 1.82) is 0 Å². The normalized spacial score (nSPS) is 7.62. The summed E-state index contributed by atoms with van der Waals surface area (Å²) in [6, 6.07) is 0. The first-order valence-electron chi connectivity index (χ1n) is 2.18. The first kappa shape index (κ1) is 11.0. The van der Waals surface area contributed by atoms with Crippen molar-refractivity contribution in [3.8, 4) is 0 Å². The van der Waals surface area contributed by atoms with Crippen LogP contribution in [0.2, 0.25) is 0 Å². The molecule has 0 amide bonds. The summed E-state index contributed by atoms with van der Waals surface area (Å²) in [7, 11) is 0. The van der Waals surface area contributed by atoms with Crippen molar-refractivity contribution >= 4 is 5.97 Å². The van der Waals surface area contributed by atoms with Crippen LogP contribution in [0.4, 0.5) is 0 Å². The molecule has 0 aromatic carbocycles. The van der Waals surface area contributed by atoms with Gasteiger partial charge < -0.3 is 15.2 Å². The fourth-order valence-corrected chi connectivity index (χ4v) is 0.227. The van der Waals surface area contributed by atoms with E-state index >= 15 is 0 Å². The number of nitrogens with one attached hydrogen (secondary N) is 1. The molecule has 0 aliphatic rings. The van der Waals surface area contributed by atoms with Gasteiger partial charge >= 0.3 is 22.4 Å². The van der Waals surface area contributed by atoms with Crippen molar-refractivity contribution < 1.29 is 32.3 Å². The van der Waals surface area contributed by atoms with E-state index in [9.17, 15) is 9.90 Å². The standard InChI is InChI=1S/C4H9NO2.Ag/c1-2-5-3-4(6)7;/h5H,2-3H2,1H3,(H,6,7);/q;+1/p-1. The number of carbonyl (C=O) groups is 1. The zero-order valence-corrected chi connectivity index (χ0v) is 6.01. The Hall–Kier alpha value is 0.170. The van der Waals surface area contributed by atoms with E-state index in [4.69, 9.17) is 0 Å². The van der Waals surface area contributed by atoms with Crippen LogP contribution in [0, 0.1) is 0 Å². The number of hydrogen-bond donors (Lipinski definition) is 1. The molecule has 0 atom stereocenters. The number of carboxylic acid groups (broad SMARTS) is 1. The molecule has 8 heavy (non-hydrogen) atoms. The second-order valence-corrected chi connectivity index (χ2v) is 1.15. The quantitative estimate of drug-likeness (QED) is 0.567. The predicted octanol–water partition coefficient (Wildman–Crippen LogP) is -1.66. The smallest absolute Gasteiger partial charge is 0.549 e. The summed E-state index contributed by atoms with van der Waals surface area (Å²) in [4.78, 5) is 9.58. The van der Waals surface area contributed by atoms with Gasteiger partial charge in [0.15, 0.2) is 0 Å². The fourth-order valence-electron chi connectivity index (χ4n) is 0.227. The summed E-state index contributed by atoms with van der Waals surface area (Å²) in [5, 5.41) is 12.2.